The first-order chi connectivity index (χ1) is 19.0. The number of nitrogens with zero attached hydrogens (tertiary/aromatic N) is 2. The van der Waals surface area contributed by atoms with Crippen LogP contribution in [0, 0.1) is 6.92 Å². The first-order valence-electron chi connectivity index (χ1n) is 12.8. The molecule has 0 aromatic heterocycles. The van der Waals surface area contributed by atoms with Gasteiger partial charge in [0.25, 0.3) is 15.9 Å². The third-order valence-electron chi connectivity index (χ3n) is 6.50. The highest BCUT2D eigenvalue weighted by molar-refractivity contribution is 7.93. The minimum absolute atomic E-state index is 0.0161. The quantitative estimate of drug-likeness (QED) is 0.358. The van der Waals surface area contributed by atoms with Crippen molar-refractivity contribution in [1.29, 1.82) is 0 Å². The molecule has 0 atom stereocenters. The van der Waals surface area contributed by atoms with E-state index in [1.54, 1.807) is 44.2 Å². The fourth-order valence-electron chi connectivity index (χ4n) is 4.41. The second-order valence-electron chi connectivity index (χ2n) is 9.25. The molecule has 0 radical (unpaired) electrons. The number of aryl methyl sites for hydroxylation is 1. The predicted octanol–water partition coefficient (Wildman–Crippen LogP) is 3.79. The van der Waals surface area contributed by atoms with Crippen LogP contribution in [0.5, 0.6) is 0 Å². The minimum atomic E-state index is -3.98. The Morgan fingerprint density at radius 2 is 1.57 bits per heavy atom. The van der Waals surface area contributed by atoms with Gasteiger partial charge in [-0.3, -0.25) is 9.10 Å². The molecule has 1 heterocycles. The lowest BCUT2D eigenvalue weighted by Crippen LogP contribution is -2.31. The largest absolute Gasteiger partial charge is 0.452 e. The number of anilines is 2. The maximum atomic E-state index is 13.5. The molecular formula is C28H31N3O7S2. The predicted molar refractivity (Wildman–Crippen MR) is 151 cm³/mol. The minimum Gasteiger partial charge on any atom is -0.452 e. The van der Waals surface area contributed by atoms with Gasteiger partial charge in [-0.25, -0.2) is 21.6 Å². The van der Waals surface area contributed by atoms with Crippen LogP contribution in [0.3, 0.4) is 0 Å². The number of carbonyl (C=O) groups excluding carboxylic acids is 2. The molecule has 1 fully saturated rings. The van der Waals surface area contributed by atoms with Crippen LogP contribution < -0.4 is 9.62 Å². The number of nitrogens with one attached hydrogen (secondary N) is 1. The van der Waals surface area contributed by atoms with Crippen LogP contribution in [0.15, 0.2) is 82.6 Å². The van der Waals surface area contributed by atoms with Crippen molar-refractivity contribution in [2.24, 2.45) is 0 Å². The van der Waals surface area contributed by atoms with Gasteiger partial charge in [0.15, 0.2) is 6.61 Å². The SMILES string of the molecule is CCN(c1ccccc1)S(=O)(=O)c1cc(C(=O)OCC(=O)Nc2ccc(S(=O)(=O)N3CCCC3)cc2)ccc1C. The van der Waals surface area contributed by atoms with Crippen LogP contribution in [0.2, 0.25) is 0 Å². The Morgan fingerprint density at radius 3 is 2.20 bits per heavy atom. The number of carbonyl (C=O) groups is 2. The maximum Gasteiger partial charge on any atom is 0.338 e. The van der Waals surface area contributed by atoms with Crippen LogP contribution in [0.1, 0.15) is 35.7 Å². The van der Waals surface area contributed by atoms with E-state index in [1.807, 2.05) is 0 Å². The van der Waals surface area contributed by atoms with E-state index in [4.69, 9.17) is 4.74 Å². The summed E-state index contributed by atoms with van der Waals surface area (Å²) < 4.78 is 60.0. The molecule has 0 saturated carbocycles. The lowest BCUT2D eigenvalue weighted by Gasteiger charge is -2.24. The second-order valence-corrected chi connectivity index (χ2v) is 13.0. The number of amides is 1. The van der Waals surface area contributed by atoms with E-state index < -0.39 is 38.5 Å². The molecule has 4 rings (SSSR count). The normalized spacial score (nSPS) is 14.1. The third-order valence-corrected chi connectivity index (χ3v) is 10.5. The molecule has 1 aliphatic rings. The average molecular weight is 586 g/mol. The molecule has 10 nitrogen and oxygen atoms in total. The molecule has 0 aliphatic carbocycles. The highest BCUT2D eigenvalue weighted by Crippen LogP contribution is 2.27. The van der Waals surface area contributed by atoms with E-state index in [9.17, 15) is 26.4 Å². The van der Waals surface area contributed by atoms with Gasteiger partial charge in [-0.05, 0) is 80.8 Å². The van der Waals surface area contributed by atoms with Crippen molar-refractivity contribution >= 4 is 43.3 Å². The van der Waals surface area contributed by atoms with Crippen molar-refractivity contribution in [3.8, 4) is 0 Å². The van der Waals surface area contributed by atoms with Gasteiger partial charge in [0.05, 0.1) is 21.0 Å². The zero-order valence-corrected chi connectivity index (χ0v) is 23.9. The molecule has 12 heteroatoms. The number of benzene rings is 3. The van der Waals surface area contributed by atoms with Crippen LogP contribution in [-0.4, -0.2) is 59.3 Å². The Labute approximate surface area is 234 Å². The Hall–Kier alpha value is -3.74. The second kappa shape index (κ2) is 12.2. The van der Waals surface area contributed by atoms with Gasteiger partial charge in [0.2, 0.25) is 10.0 Å². The standard InChI is InChI=1S/C28H31N3O7S2/c1-3-31(24-9-5-4-6-10-24)40(36,37)26-19-22(12-11-21(26)2)28(33)38-20-27(32)29-23-13-15-25(16-14-23)39(34,35)30-17-7-8-18-30/h4-6,9-16,19H,3,7-8,17-18,20H2,1-2H3,(H,29,32). The zero-order chi connectivity index (χ0) is 28.9. The van der Waals surface area contributed by atoms with Gasteiger partial charge in [-0.1, -0.05) is 24.3 Å². The van der Waals surface area contributed by atoms with Crippen molar-refractivity contribution in [2.75, 3.05) is 35.9 Å². The van der Waals surface area contributed by atoms with Crippen molar-refractivity contribution in [1.82, 2.24) is 4.31 Å². The lowest BCUT2D eigenvalue weighted by atomic mass is 10.1. The number of rotatable bonds is 10. The molecule has 1 amide bonds. The first kappa shape index (κ1) is 29.2. The lowest BCUT2D eigenvalue weighted by molar-refractivity contribution is -0.119. The van der Waals surface area contributed by atoms with Gasteiger partial charge in [0, 0.05) is 25.3 Å². The molecule has 212 valence electrons. The van der Waals surface area contributed by atoms with Crippen LogP contribution in [-0.2, 0) is 29.6 Å². The Balaban J connectivity index is 1.40. The van der Waals surface area contributed by atoms with E-state index in [1.165, 1.54) is 51.1 Å². The molecule has 40 heavy (non-hydrogen) atoms. The Kier molecular flexibility index (Phi) is 8.92. The van der Waals surface area contributed by atoms with E-state index in [0.717, 1.165) is 12.8 Å². The highest BCUT2D eigenvalue weighted by atomic mass is 32.2. The molecule has 3 aromatic carbocycles. The topological polar surface area (TPSA) is 130 Å². The molecule has 0 spiro atoms. The summed E-state index contributed by atoms with van der Waals surface area (Å²) >= 11 is 0. The summed E-state index contributed by atoms with van der Waals surface area (Å²) in [7, 11) is -7.55. The molecule has 3 aromatic rings. The molecule has 1 aliphatic heterocycles. The van der Waals surface area contributed by atoms with E-state index in [2.05, 4.69) is 5.32 Å². The molecule has 0 unspecified atom stereocenters. The Bertz CT molecular complexity index is 1580. The molecule has 0 bridgehead atoms. The summed E-state index contributed by atoms with van der Waals surface area (Å²) in [4.78, 5) is 25.2. The monoisotopic (exact) mass is 585 g/mol. The smallest absolute Gasteiger partial charge is 0.338 e. The Morgan fingerprint density at radius 1 is 0.925 bits per heavy atom. The first-order valence-corrected chi connectivity index (χ1v) is 15.7. The zero-order valence-electron chi connectivity index (χ0n) is 22.2. The molecule has 1 saturated heterocycles. The van der Waals surface area contributed by atoms with Crippen molar-refractivity contribution in [2.45, 2.75) is 36.5 Å². The molecular weight excluding hydrogens is 554 g/mol. The number of hydrogen-bond donors (Lipinski definition) is 1. The van der Waals surface area contributed by atoms with Crippen LogP contribution in [0.4, 0.5) is 11.4 Å². The summed E-state index contributed by atoms with van der Waals surface area (Å²) in [6.45, 7) is 3.90. The summed E-state index contributed by atoms with van der Waals surface area (Å²) in [5.74, 6) is -1.49. The van der Waals surface area contributed by atoms with Crippen LogP contribution >= 0.6 is 0 Å². The van der Waals surface area contributed by atoms with Gasteiger partial charge in [-0.15, -0.1) is 0 Å². The van der Waals surface area contributed by atoms with Crippen LogP contribution in [0.25, 0.3) is 0 Å². The number of para-hydroxylation sites is 1. The number of sulfonamides is 2. The van der Waals surface area contributed by atoms with Crippen molar-refractivity contribution in [3.05, 3.63) is 83.9 Å². The van der Waals surface area contributed by atoms with Gasteiger partial charge >= 0.3 is 5.97 Å². The van der Waals surface area contributed by atoms with Gasteiger partial charge in [0.1, 0.15) is 0 Å². The summed E-state index contributed by atoms with van der Waals surface area (Å²) in [5.41, 5.74) is 1.28. The van der Waals surface area contributed by atoms with Gasteiger partial charge in [-0.2, -0.15) is 4.31 Å². The van der Waals surface area contributed by atoms with Gasteiger partial charge < -0.3 is 10.1 Å². The third kappa shape index (κ3) is 6.35. The number of esters is 1. The fourth-order valence-corrected chi connectivity index (χ4v) is 7.65. The molecule has 1 N–H and O–H groups in total. The van der Waals surface area contributed by atoms with Crippen molar-refractivity contribution < 1.29 is 31.2 Å². The summed E-state index contributed by atoms with van der Waals surface area (Å²) in [6.07, 6.45) is 1.66. The fraction of sp³-hybridized carbons (Fsp3) is 0.286. The summed E-state index contributed by atoms with van der Waals surface area (Å²) in [5, 5.41) is 2.56. The number of ether oxygens (including phenoxy) is 1. The van der Waals surface area contributed by atoms with E-state index >= 15 is 0 Å². The van der Waals surface area contributed by atoms with E-state index in [0.29, 0.717) is 30.0 Å². The van der Waals surface area contributed by atoms with Crippen molar-refractivity contribution in [3.63, 3.8) is 0 Å². The average Bonchev–Trinajstić information content (AvgIpc) is 3.49. The summed E-state index contributed by atoms with van der Waals surface area (Å²) in [6, 6.07) is 18.6. The number of hydrogen-bond acceptors (Lipinski definition) is 7. The highest BCUT2D eigenvalue weighted by Gasteiger charge is 2.28. The maximum absolute atomic E-state index is 13.5. The van der Waals surface area contributed by atoms with E-state index in [-0.39, 0.29) is 21.9 Å².